The fourth-order valence-electron chi connectivity index (χ4n) is 1.27. The highest BCUT2D eigenvalue weighted by atomic mass is 79.9. The molecule has 3 N–H and O–H groups in total. The first-order valence-electron chi connectivity index (χ1n) is 5.32. The van der Waals surface area contributed by atoms with E-state index in [9.17, 15) is 9.90 Å². The molecule has 0 spiro atoms. The van der Waals surface area contributed by atoms with Crippen LogP contribution in [0.25, 0.3) is 0 Å². The minimum atomic E-state index is -0.360. The molecule has 1 atom stereocenters. The highest BCUT2D eigenvalue weighted by Crippen LogP contribution is 2.23. The highest BCUT2D eigenvalue weighted by molar-refractivity contribution is 9.09. The van der Waals surface area contributed by atoms with E-state index in [1.165, 1.54) is 12.1 Å². The summed E-state index contributed by atoms with van der Waals surface area (Å²) in [6.07, 6.45) is 0.767. The normalized spacial score (nSPS) is 14.1. The highest BCUT2D eigenvalue weighted by Gasteiger charge is 2.24. The molecular formula is C12H16BrNO3. The zero-order valence-electron chi connectivity index (χ0n) is 9.83. The van der Waals surface area contributed by atoms with Crippen LogP contribution in [0.15, 0.2) is 18.2 Å². The molecule has 17 heavy (non-hydrogen) atoms. The van der Waals surface area contributed by atoms with E-state index in [2.05, 4.69) is 21.2 Å². The lowest BCUT2D eigenvalue weighted by molar-refractivity contribution is 0.0910. The number of phenols is 2. The fraction of sp³-hybridized carbons (Fsp3) is 0.417. The maximum atomic E-state index is 11.9. The van der Waals surface area contributed by atoms with E-state index >= 15 is 0 Å². The minimum Gasteiger partial charge on any atom is -0.508 e. The van der Waals surface area contributed by atoms with Gasteiger partial charge >= 0.3 is 0 Å². The second kappa shape index (κ2) is 5.40. The summed E-state index contributed by atoms with van der Waals surface area (Å²) in [5.74, 6) is -0.653. The van der Waals surface area contributed by atoms with Gasteiger partial charge in [-0.3, -0.25) is 4.79 Å². The van der Waals surface area contributed by atoms with Crippen molar-refractivity contribution in [2.24, 2.45) is 0 Å². The number of hydrogen-bond donors (Lipinski definition) is 3. The van der Waals surface area contributed by atoms with Crippen LogP contribution >= 0.6 is 15.9 Å². The molecule has 1 aromatic rings. The lowest BCUT2D eigenvalue weighted by Gasteiger charge is -2.27. The second-order valence-electron chi connectivity index (χ2n) is 4.20. The van der Waals surface area contributed by atoms with Crippen LogP contribution in [0.2, 0.25) is 0 Å². The summed E-state index contributed by atoms with van der Waals surface area (Å²) in [6, 6.07) is 3.91. The Kier molecular flexibility index (Phi) is 4.40. The van der Waals surface area contributed by atoms with Gasteiger partial charge in [0.05, 0.1) is 5.56 Å². The number of rotatable bonds is 4. The predicted molar refractivity (Wildman–Crippen MR) is 69.7 cm³/mol. The molecule has 5 heteroatoms. The Morgan fingerprint density at radius 3 is 2.59 bits per heavy atom. The van der Waals surface area contributed by atoms with Gasteiger partial charge in [-0.15, -0.1) is 0 Å². The van der Waals surface area contributed by atoms with Gasteiger partial charge in [0, 0.05) is 16.9 Å². The molecule has 0 bridgehead atoms. The van der Waals surface area contributed by atoms with Crippen LogP contribution < -0.4 is 5.32 Å². The number of amides is 1. The molecule has 0 aliphatic rings. The van der Waals surface area contributed by atoms with Crippen molar-refractivity contribution in [3.63, 3.8) is 0 Å². The molecule has 0 saturated heterocycles. The Labute approximate surface area is 109 Å². The molecule has 1 aromatic carbocycles. The molecule has 1 rings (SSSR count). The van der Waals surface area contributed by atoms with Crippen molar-refractivity contribution < 1.29 is 15.0 Å². The maximum Gasteiger partial charge on any atom is 0.255 e. The molecule has 0 saturated carbocycles. The number of halogens is 1. The summed E-state index contributed by atoms with van der Waals surface area (Å²) >= 11 is 3.35. The molecule has 0 aromatic heterocycles. The van der Waals surface area contributed by atoms with E-state index in [0.717, 1.165) is 12.5 Å². The van der Waals surface area contributed by atoms with Gasteiger partial charge in [0.1, 0.15) is 11.5 Å². The molecule has 1 amide bonds. The van der Waals surface area contributed by atoms with Crippen LogP contribution in [0.5, 0.6) is 11.5 Å². The van der Waals surface area contributed by atoms with E-state index in [0.29, 0.717) is 5.33 Å². The summed E-state index contributed by atoms with van der Waals surface area (Å²) in [5, 5.41) is 22.2. The Hall–Kier alpha value is -1.23. The lowest BCUT2D eigenvalue weighted by Crippen LogP contribution is -2.46. The molecule has 0 fully saturated rings. The molecule has 0 heterocycles. The van der Waals surface area contributed by atoms with Crippen molar-refractivity contribution in [2.75, 3.05) is 5.33 Å². The van der Waals surface area contributed by atoms with Gasteiger partial charge in [0.25, 0.3) is 5.91 Å². The van der Waals surface area contributed by atoms with Crippen molar-refractivity contribution in [2.45, 2.75) is 25.8 Å². The summed E-state index contributed by atoms with van der Waals surface area (Å²) in [4.78, 5) is 11.9. The van der Waals surface area contributed by atoms with Gasteiger partial charge in [-0.2, -0.15) is 0 Å². The number of alkyl halides is 1. The third-order valence-corrected chi connectivity index (χ3v) is 3.95. The lowest BCUT2D eigenvalue weighted by atomic mass is 10.0. The van der Waals surface area contributed by atoms with Crippen molar-refractivity contribution in [1.29, 1.82) is 0 Å². The van der Waals surface area contributed by atoms with Crippen molar-refractivity contribution in [1.82, 2.24) is 5.32 Å². The molecule has 1 unspecified atom stereocenters. The quantitative estimate of drug-likeness (QED) is 0.748. The Morgan fingerprint density at radius 2 is 2.12 bits per heavy atom. The number of hydrogen-bond acceptors (Lipinski definition) is 3. The largest absolute Gasteiger partial charge is 0.508 e. The maximum absolute atomic E-state index is 11.9. The van der Waals surface area contributed by atoms with Crippen LogP contribution in [0, 0.1) is 0 Å². The standard InChI is InChI=1S/C12H16BrNO3/c1-3-12(2,7-13)14-11(17)9-5-4-8(15)6-10(9)16/h4-6,15-16H,3,7H2,1-2H3,(H,14,17). The predicted octanol–water partition coefficient (Wildman–Crippen LogP) is 2.39. The van der Waals surface area contributed by atoms with E-state index < -0.39 is 0 Å². The van der Waals surface area contributed by atoms with Crippen LogP contribution in [-0.4, -0.2) is 27.0 Å². The first kappa shape index (κ1) is 13.8. The molecule has 0 aliphatic heterocycles. The average Bonchev–Trinajstić information content (AvgIpc) is 2.28. The topological polar surface area (TPSA) is 69.6 Å². The number of nitrogens with one attached hydrogen (secondary N) is 1. The van der Waals surface area contributed by atoms with E-state index in [1.54, 1.807) is 0 Å². The van der Waals surface area contributed by atoms with Gasteiger partial charge in [-0.25, -0.2) is 0 Å². The van der Waals surface area contributed by atoms with Gasteiger partial charge in [-0.05, 0) is 25.5 Å². The summed E-state index contributed by atoms with van der Waals surface area (Å²) in [6.45, 7) is 3.88. The average molecular weight is 302 g/mol. The first-order valence-corrected chi connectivity index (χ1v) is 6.44. The van der Waals surface area contributed by atoms with Gasteiger partial charge in [0.2, 0.25) is 0 Å². The monoisotopic (exact) mass is 301 g/mol. The summed E-state index contributed by atoms with van der Waals surface area (Å²) in [5.41, 5.74) is -0.204. The smallest absolute Gasteiger partial charge is 0.255 e. The Bertz CT molecular complexity index is 416. The van der Waals surface area contributed by atoms with Crippen LogP contribution in [-0.2, 0) is 0 Å². The zero-order valence-corrected chi connectivity index (χ0v) is 11.4. The Morgan fingerprint density at radius 1 is 1.47 bits per heavy atom. The minimum absolute atomic E-state index is 0.0715. The Balaban J connectivity index is 2.90. The van der Waals surface area contributed by atoms with Crippen molar-refractivity contribution in [3.8, 4) is 11.5 Å². The number of carbonyl (C=O) groups is 1. The number of aromatic hydroxyl groups is 2. The van der Waals surface area contributed by atoms with Crippen LogP contribution in [0.4, 0.5) is 0 Å². The molecule has 4 nitrogen and oxygen atoms in total. The molecule has 0 radical (unpaired) electrons. The fourth-order valence-corrected chi connectivity index (χ4v) is 1.81. The van der Waals surface area contributed by atoms with E-state index in [4.69, 9.17) is 5.11 Å². The first-order chi connectivity index (χ1) is 7.91. The van der Waals surface area contributed by atoms with Crippen molar-refractivity contribution in [3.05, 3.63) is 23.8 Å². The number of benzene rings is 1. The molecular weight excluding hydrogens is 286 g/mol. The van der Waals surface area contributed by atoms with Crippen LogP contribution in [0.3, 0.4) is 0 Å². The van der Waals surface area contributed by atoms with Crippen molar-refractivity contribution >= 4 is 21.8 Å². The van der Waals surface area contributed by atoms with Crippen LogP contribution in [0.1, 0.15) is 30.6 Å². The SMILES string of the molecule is CCC(C)(CBr)NC(=O)c1ccc(O)cc1O. The molecule has 0 aliphatic carbocycles. The van der Waals surface area contributed by atoms with Gasteiger partial charge in [-0.1, -0.05) is 22.9 Å². The second-order valence-corrected chi connectivity index (χ2v) is 4.76. The number of phenolic OH excluding ortho intramolecular Hbond substituents is 2. The van der Waals surface area contributed by atoms with Gasteiger partial charge < -0.3 is 15.5 Å². The summed E-state index contributed by atoms with van der Waals surface area (Å²) < 4.78 is 0. The number of carbonyl (C=O) groups excluding carboxylic acids is 1. The van der Waals surface area contributed by atoms with E-state index in [-0.39, 0.29) is 28.5 Å². The summed E-state index contributed by atoms with van der Waals surface area (Å²) in [7, 11) is 0. The molecule has 94 valence electrons. The third kappa shape index (κ3) is 3.36. The third-order valence-electron chi connectivity index (χ3n) is 2.72. The van der Waals surface area contributed by atoms with Gasteiger partial charge in [0.15, 0.2) is 0 Å². The zero-order chi connectivity index (χ0) is 13.1. The van der Waals surface area contributed by atoms with E-state index in [1.807, 2.05) is 13.8 Å².